The highest BCUT2D eigenvalue weighted by Gasteiger charge is 2.37. The Hall–Kier alpha value is -5.21. The monoisotopic (exact) mass is 925 g/mol. The second kappa shape index (κ2) is 29.4. The minimum atomic E-state index is -1.27. The van der Waals surface area contributed by atoms with Gasteiger partial charge in [-0.15, -0.1) is 0 Å². The number of carbonyl (C=O) groups is 4. The van der Waals surface area contributed by atoms with Crippen LogP contribution in [0.3, 0.4) is 0 Å². The Bertz CT molecular complexity index is 1840. The van der Waals surface area contributed by atoms with E-state index in [9.17, 15) is 24.3 Å². The van der Waals surface area contributed by atoms with Gasteiger partial charge in [0.25, 0.3) is 5.91 Å². The fraction of sp³-hybridized carbons (Fsp3) is 0.562. The first kappa shape index (κ1) is 55.1. The maximum Gasteiger partial charge on any atom is 0.407 e. The molecule has 5 N–H and O–H groups in total. The maximum absolute atomic E-state index is 14.2. The van der Waals surface area contributed by atoms with Crippen molar-refractivity contribution in [3.63, 3.8) is 0 Å². The van der Waals surface area contributed by atoms with Crippen molar-refractivity contribution in [3.8, 4) is 11.3 Å². The van der Waals surface area contributed by atoms with Crippen molar-refractivity contribution in [1.82, 2.24) is 31.4 Å². The van der Waals surface area contributed by atoms with Crippen molar-refractivity contribution >= 4 is 24.0 Å². The molecule has 0 saturated carbocycles. The molecule has 0 bridgehead atoms. The molecule has 4 unspecified atom stereocenters. The molecule has 1 aromatic heterocycles. The van der Waals surface area contributed by atoms with Crippen LogP contribution in [0.15, 0.2) is 79.0 Å². The number of alkyl carbamates (subject to hydrolysis) is 2. The minimum Gasteiger partial charge on any atom is -0.453 e. The van der Waals surface area contributed by atoms with Gasteiger partial charge < -0.3 is 54.2 Å². The molecule has 3 aromatic rings. The van der Waals surface area contributed by atoms with E-state index >= 15 is 0 Å². The number of aliphatic hydroxyl groups excluding tert-OH is 1. The standard InChI is InChI=1S/C48H72N6O12/c1-47(2,3)41(52-46(59)66-31-30-65-29-28-64-27-26-63-25-24-62-23-22-60-7)43(56)50-39(32-35-14-10-9-11-15-35)40(55)34-54(53-44(57)42(48(4,5)6)51-45(58)61-8)33-36-17-19-37(20-18-36)38-16-12-13-21-49-38/h9-21,39-42,55H,22-34H2,1-8H3,(H,50,56)(H,51,58)(H,52,59)(H,53,57). The van der Waals surface area contributed by atoms with Gasteiger partial charge in [0.15, 0.2) is 0 Å². The number of pyridine rings is 1. The van der Waals surface area contributed by atoms with E-state index in [2.05, 4.69) is 26.4 Å². The van der Waals surface area contributed by atoms with Crippen LogP contribution >= 0.6 is 0 Å². The van der Waals surface area contributed by atoms with E-state index in [0.717, 1.165) is 22.4 Å². The number of hydrogen-bond donors (Lipinski definition) is 5. The number of benzene rings is 2. The first-order valence-corrected chi connectivity index (χ1v) is 22.2. The van der Waals surface area contributed by atoms with E-state index in [1.807, 2.05) is 72.8 Å². The minimum absolute atomic E-state index is 0.0650. The average Bonchev–Trinajstić information content (AvgIpc) is 3.28. The van der Waals surface area contributed by atoms with Crippen LogP contribution in [-0.4, -0.2) is 150 Å². The summed E-state index contributed by atoms with van der Waals surface area (Å²) in [6.45, 7) is 14.3. The van der Waals surface area contributed by atoms with Crippen molar-refractivity contribution < 1.29 is 57.4 Å². The van der Waals surface area contributed by atoms with Crippen LogP contribution in [0, 0.1) is 10.8 Å². The summed E-state index contributed by atoms with van der Waals surface area (Å²) in [7, 11) is 2.83. The molecule has 2 aromatic carbocycles. The predicted octanol–water partition coefficient (Wildman–Crippen LogP) is 4.29. The van der Waals surface area contributed by atoms with E-state index in [0.29, 0.717) is 46.2 Å². The van der Waals surface area contributed by atoms with E-state index in [4.69, 9.17) is 33.2 Å². The van der Waals surface area contributed by atoms with Crippen LogP contribution in [0.4, 0.5) is 9.59 Å². The summed E-state index contributed by atoms with van der Waals surface area (Å²) >= 11 is 0. The number of hydrogen-bond acceptors (Lipinski definition) is 14. The fourth-order valence-electron chi connectivity index (χ4n) is 6.46. The number of ether oxygens (including phenoxy) is 7. The number of nitrogens with one attached hydrogen (secondary N) is 4. The Morgan fingerprint density at radius 2 is 1.15 bits per heavy atom. The van der Waals surface area contributed by atoms with Gasteiger partial charge in [0.2, 0.25) is 5.91 Å². The predicted molar refractivity (Wildman–Crippen MR) is 248 cm³/mol. The summed E-state index contributed by atoms with van der Waals surface area (Å²) in [4.78, 5) is 57.9. The van der Waals surface area contributed by atoms with Crippen LogP contribution < -0.4 is 21.4 Å². The van der Waals surface area contributed by atoms with Crippen molar-refractivity contribution in [3.05, 3.63) is 90.1 Å². The van der Waals surface area contributed by atoms with Crippen LogP contribution in [-0.2, 0) is 55.7 Å². The SMILES string of the molecule is COCCOCCOCCOCCOCCOC(=O)NC(C(=O)NC(Cc1ccccc1)C(O)CN(Cc1ccc(-c2ccccn2)cc1)NC(=O)C(NC(=O)OC)C(C)(C)C)C(C)(C)C. The van der Waals surface area contributed by atoms with Gasteiger partial charge in [-0.2, -0.15) is 0 Å². The molecule has 4 atom stereocenters. The smallest absolute Gasteiger partial charge is 0.407 e. The molecular formula is C48H72N6O12. The Morgan fingerprint density at radius 3 is 1.68 bits per heavy atom. The quantitative estimate of drug-likeness (QED) is 0.0485. The summed E-state index contributed by atoms with van der Waals surface area (Å²) in [6, 6.07) is 19.6. The van der Waals surface area contributed by atoms with Gasteiger partial charge in [-0.25, -0.2) is 14.6 Å². The number of aromatic nitrogens is 1. The van der Waals surface area contributed by atoms with Crippen LogP contribution in [0.25, 0.3) is 11.3 Å². The molecule has 0 aliphatic heterocycles. The third kappa shape index (κ3) is 21.4. The molecule has 0 radical (unpaired) electrons. The first-order chi connectivity index (χ1) is 31.5. The van der Waals surface area contributed by atoms with Crippen molar-refractivity contribution in [2.75, 3.05) is 86.8 Å². The van der Waals surface area contributed by atoms with Crippen molar-refractivity contribution in [2.45, 2.75) is 78.7 Å². The van der Waals surface area contributed by atoms with Crippen LogP contribution in [0.5, 0.6) is 0 Å². The lowest BCUT2D eigenvalue weighted by Crippen LogP contribution is -2.61. The molecule has 0 aliphatic rings. The highest BCUT2D eigenvalue weighted by Crippen LogP contribution is 2.23. The zero-order valence-corrected chi connectivity index (χ0v) is 39.8. The third-order valence-corrected chi connectivity index (χ3v) is 10.0. The van der Waals surface area contributed by atoms with Gasteiger partial charge in [0.1, 0.15) is 18.7 Å². The first-order valence-electron chi connectivity index (χ1n) is 22.2. The maximum atomic E-state index is 14.2. The number of nitrogens with zero attached hydrogens (tertiary/aromatic N) is 2. The molecule has 0 saturated heterocycles. The molecule has 3 rings (SSSR count). The molecule has 18 heteroatoms. The molecular weight excluding hydrogens is 853 g/mol. The Labute approximate surface area is 389 Å². The Balaban J connectivity index is 1.69. The van der Waals surface area contributed by atoms with Gasteiger partial charge in [-0.05, 0) is 40.5 Å². The Kier molecular flexibility index (Phi) is 24.6. The Morgan fingerprint density at radius 1 is 0.621 bits per heavy atom. The molecule has 366 valence electrons. The summed E-state index contributed by atoms with van der Waals surface area (Å²) in [6.07, 6.45) is -0.932. The van der Waals surface area contributed by atoms with E-state index in [1.54, 1.807) is 59.9 Å². The lowest BCUT2D eigenvalue weighted by atomic mass is 9.85. The third-order valence-electron chi connectivity index (χ3n) is 10.0. The number of aliphatic hydroxyl groups is 1. The number of methoxy groups -OCH3 is 2. The molecule has 4 amide bonds. The van der Waals surface area contributed by atoms with Gasteiger partial charge in [-0.1, -0.05) is 102 Å². The molecule has 0 spiro atoms. The van der Waals surface area contributed by atoms with Gasteiger partial charge in [0.05, 0.1) is 84.4 Å². The van der Waals surface area contributed by atoms with E-state index in [-0.39, 0.29) is 39.3 Å². The second-order valence-electron chi connectivity index (χ2n) is 17.6. The lowest BCUT2D eigenvalue weighted by molar-refractivity contribution is -0.132. The van der Waals surface area contributed by atoms with Crippen molar-refractivity contribution in [2.24, 2.45) is 10.8 Å². The summed E-state index contributed by atoms with van der Waals surface area (Å²) in [5.41, 5.74) is 4.72. The molecule has 0 aliphatic carbocycles. The van der Waals surface area contributed by atoms with E-state index in [1.165, 1.54) is 7.11 Å². The number of amides is 4. The highest BCUT2D eigenvalue weighted by molar-refractivity contribution is 5.87. The number of hydrazine groups is 1. The topological polar surface area (TPSA) is 217 Å². The van der Waals surface area contributed by atoms with Gasteiger partial charge in [0, 0.05) is 32.0 Å². The largest absolute Gasteiger partial charge is 0.453 e. The summed E-state index contributed by atoms with van der Waals surface area (Å²) in [5, 5.41) is 21.9. The molecule has 0 fully saturated rings. The lowest BCUT2D eigenvalue weighted by Gasteiger charge is -2.35. The zero-order valence-electron chi connectivity index (χ0n) is 39.8. The van der Waals surface area contributed by atoms with Crippen LogP contribution in [0.1, 0.15) is 52.7 Å². The number of carbonyl (C=O) groups excluding carboxylic acids is 4. The zero-order chi connectivity index (χ0) is 48.4. The normalized spacial score (nSPS) is 13.5. The highest BCUT2D eigenvalue weighted by atomic mass is 16.6. The molecule has 18 nitrogen and oxygen atoms in total. The molecule has 1 heterocycles. The van der Waals surface area contributed by atoms with Gasteiger partial charge in [-0.3, -0.25) is 20.0 Å². The summed E-state index contributed by atoms with van der Waals surface area (Å²) < 4.78 is 36.9. The second-order valence-corrected chi connectivity index (χ2v) is 17.6. The number of rotatable bonds is 29. The van der Waals surface area contributed by atoms with Crippen LogP contribution in [0.2, 0.25) is 0 Å². The van der Waals surface area contributed by atoms with Gasteiger partial charge >= 0.3 is 12.2 Å². The van der Waals surface area contributed by atoms with Crippen molar-refractivity contribution in [1.29, 1.82) is 0 Å². The molecule has 66 heavy (non-hydrogen) atoms. The fourth-order valence-corrected chi connectivity index (χ4v) is 6.46. The average molecular weight is 925 g/mol. The summed E-state index contributed by atoms with van der Waals surface area (Å²) in [5.74, 6) is -1.09. The van der Waals surface area contributed by atoms with E-state index < -0.39 is 59.1 Å².